The predicted octanol–water partition coefficient (Wildman–Crippen LogP) is 4.58. The summed E-state index contributed by atoms with van der Waals surface area (Å²) < 4.78 is 1.22. The van der Waals surface area contributed by atoms with Gasteiger partial charge in [-0.05, 0) is 43.4 Å². The number of nitrogens with zero attached hydrogens (tertiary/aromatic N) is 3. The summed E-state index contributed by atoms with van der Waals surface area (Å²) in [5.41, 5.74) is 2.49. The lowest BCUT2D eigenvalue weighted by atomic mass is 10.2. The van der Waals surface area contributed by atoms with E-state index in [1.807, 2.05) is 35.2 Å². The molecule has 0 radical (unpaired) electrons. The van der Waals surface area contributed by atoms with Gasteiger partial charge in [-0.2, -0.15) is 0 Å². The Bertz CT molecular complexity index is 649. The molecule has 0 saturated carbocycles. The van der Waals surface area contributed by atoms with Crippen LogP contribution in [-0.2, 0) is 6.42 Å². The first kappa shape index (κ1) is 18.1. The molecule has 2 aromatic rings. The summed E-state index contributed by atoms with van der Waals surface area (Å²) >= 11 is 9.70. The van der Waals surface area contributed by atoms with Gasteiger partial charge in [0.15, 0.2) is 0 Å². The Morgan fingerprint density at radius 1 is 1.17 bits per heavy atom. The maximum atomic E-state index is 5.98. The van der Waals surface area contributed by atoms with E-state index in [9.17, 15) is 0 Å². The summed E-state index contributed by atoms with van der Waals surface area (Å²) in [4.78, 5) is 11.1. The third kappa shape index (κ3) is 4.66. The van der Waals surface area contributed by atoms with Crippen LogP contribution in [-0.4, -0.2) is 48.4 Å². The van der Waals surface area contributed by atoms with E-state index in [2.05, 4.69) is 40.8 Å². The highest BCUT2D eigenvalue weighted by atomic mass is 35.5. The smallest absolute Gasteiger partial charge is 0.150 e. The lowest BCUT2D eigenvalue weighted by Crippen LogP contribution is -2.46. The number of halogens is 1. The van der Waals surface area contributed by atoms with Gasteiger partial charge in [0, 0.05) is 48.3 Å². The molecule has 1 saturated heterocycles. The fourth-order valence-corrected chi connectivity index (χ4v) is 5.21. The highest BCUT2D eigenvalue weighted by molar-refractivity contribution is 8.01. The zero-order valence-electron chi connectivity index (χ0n) is 14.3. The van der Waals surface area contributed by atoms with Gasteiger partial charge in [-0.1, -0.05) is 30.3 Å². The Morgan fingerprint density at radius 2 is 1.88 bits per heavy atom. The molecule has 24 heavy (non-hydrogen) atoms. The number of aromatic nitrogens is 1. The molecular formula is C18H24ClN3S2. The highest BCUT2D eigenvalue weighted by Gasteiger charge is 2.18. The van der Waals surface area contributed by atoms with Gasteiger partial charge >= 0.3 is 0 Å². The average molecular weight is 382 g/mol. The predicted molar refractivity (Wildman–Crippen MR) is 107 cm³/mol. The molecular weight excluding hydrogens is 358 g/mol. The monoisotopic (exact) mass is 381 g/mol. The van der Waals surface area contributed by atoms with Crippen LogP contribution in [0.2, 0.25) is 5.02 Å². The van der Waals surface area contributed by atoms with Gasteiger partial charge in [-0.15, -0.1) is 11.3 Å². The van der Waals surface area contributed by atoms with Crippen molar-refractivity contribution in [3.63, 3.8) is 0 Å². The van der Waals surface area contributed by atoms with Crippen molar-refractivity contribution in [1.29, 1.82) is 0 Å². The van der Waals surface area contributed by atoms with Crippen LogP contribution in [0.4, 0.5) is 5.69 Å². The van der Waals surface area contributed by atoms with E-state index in [4.69, 9.17) is 11.6 Å². The molecule has 1 aromatic heterocycles. The molecule has 0 unspecified atom stereocenters. The van der Waals surface area contributed by atoms with E-state index in [0.717, 1.165) is 49.9 Å². The Morgan fingerprint density at radius 3 is 2.54 bits per heavy atom. The van der Waals surface area contributed by atoms with E-state index in [1.54, 1.807) is 0 Å². The molecule has 1 aromatic carbocycles. The molecule has 0 amide bonds. The van der Waals surface area contributed by atoms with Gasteiger partial charge in [0.2, 0.25) is 0 Å². The van der Waals surface area contributed by atoms with Crippen molar-refractivity contribution in [2.45, 2.75) is 24.6 Å². The molecule has 0 bridgehead atoms. The highest BCUT2D eigenvalue weighted by Crippen LogP contribution is 2.27. The van der Waals surface area contributed by atoms with Crippen molar-refractivity contribution in [3.8, 4) is 0 Å². The summed E-state index contributed by atoms with van der Waals surface area (Å²) in [6.45, 7) is 9.87. The average Bonchev–Trinajstić information content (AvgIpc) is 2.94. The minimum Gasteiger partial charge on any atom is -0.369 e. The van der Waals surface area contributed by atoms with Crippen LogP contribution in [0.3, 0.4) is 0 Å². The number of hydrogen-bond acceptors (Lipinski definition) is 5. The van der Waals surface area contributed by atoms with Crippen molar-refractivity contribution < 1.29 is 0 Å². The minimum absolute atomic E-state index is 0.804. The molecule has 0 N–H and O–H groups in total. The maximum absolute atomic E-state index is 5.98. The van der Waals surface area contributed by atoms with Gasteiger partial charge in [0.05, 0.1) is 5.69 Å². The van der Waals surface area contributed by atoms with E-state index >= 15 is 0 Å². The van der Waals surface area contributed by atoms with Gasteiger partial charge in [0.25, 0.3) is 0 Å². The van der Waals surface area contributed by atoms with Crippen LogP contribution in [0.1, 0.15) is 17.5 Å². The van der Waals surface area contributed by atoms with Gasteiger partial charge in [-0.3, -0.25) is 4.90 Å². The summed E-state index contributed by atoms with van der Waals surface area (Å²) in [5, 5.41) is 0.804. The number of hydrogen-bond donors (Lipinski definition) is 0. The Kier molecular flexibility index (Phi) is 6.44. The van der Waals surface area contributed by atoms with Crippen LogP contribution in [0.15, 0.2) is 28.6 Å². The van der Waals surface area contributed by atoms with Crippen LogP contribution in [0.5, 0.6) is 0 Å². The second kappa shape index (κ2) is 8.56. The molecule has 0 aliphatic carbocycles. The molecule has 3 rings (SSSR count). The number of piperazine rings is 1. The van der Waals surface area contributed by atoms with Crippen molar-refractivity contribution in [2.24, 2.45) is 0 Å². The quantitative estimate of drug-likeness (QED) is 0.681. The summed E-state index contributed by atoms with van der Waals surface area (Å²) in [7, 11) is 0. The van der Waals surface area contributed by atoms with Crippen LogP contribution in [0.25, 0.3) is 0 Å². The minimum atomic E-state index is 0.804. The standard InChI is InChI=1S/C18H24ClN3S2/c1-3-23-18-20-14(2)17(24-18)8-9-21-10-12-22(13-11-21)16-6-4-15(19)5-7-16/h4-7H,3,8-13H2,1-2H3. The van der Waals surface area contributed by atoms with Crippen molar-refractivity contribution in [3.05, 3.63) is 39.9 Å². The Balaban J connectivity index is 1.48. The maximum Gasteiger partial charge on any atom is 0.150 e. The van der Waals surface area contributed by atoms with E-state index < -0.39 is 0 Å². The number of thioether (sulfide) groups is 1. The van der Waals surface area contributed by atoms with Crippen molar-refractivity contribution in [1.82, 2.24) is 9.88 Å². The van der Waals surface area contributed by atoms with Crippen LogP contribution in [0, 0.1) is 6.92 Å². The fraction of sp³-hybridized carbons (Fsp3) is 0.500. The zero-order chi connectivity index (χ0) is 16.9. The second-order valence-corrected chi connectivity index (χ2v) is 9.01. The number of thiazole rings is 1. The third-order valence-electron chi connectivity index (χ3n) is 4.36. The van der Waals surface area contributed by atoms with E-state index in [-0.39, 0.29) is 0 Å². The van der Waals surface area contributed by atoms with Crippen LogP contribution < -0.4 is 4.90 Å². The van der Waals surface area contributed by atoms with E-state index in [0.29, 0.717) is 0 Å². The Labute approximate surface area is 158 Å². The molecule has 6 heteroatoms. The molecule has 1 aliphatic heterocycles. The summed E-state index contributed by atoms with van der Waals surface area (Å²) in [6, 6.07) is 8.18. The molecule has 0 atom stereocenters. The topological polar surface area (TPSA) is 19.4 Å². The molecule has 1 aliphatic rings. The number of benzene rings is 1. The fourth-order valence-electron chi connectivity index (χ4n) is 2.96. The number of aryl methyl sites for hydroxylation is 1. The molecule has 0 spiro atoms. The normalized spacial score (nSPS) is 15.9. The molecule has 130 valence electrons. The van der Waals surface area contributed by atoms with Gasteiger partial charge in [-0.25, -0.2) is 4.98 Å². The number of anilines is 1. The van der Waals surface area contributed by atoms with Crippen LogP contribution >= 0.6 is 34.7 Å². The second-order valence-electron chi connectivity index (χ2n) is 5.98. The largest absolute Gasteiger partial charge is 0.369 e. The lowest BCUT2D eigenvalue weighted by Gasteiger charge is -2.36. The van der Waals surface area contributed by atoms with Crippen molar-refractivity contribution in [2.75, 3.05) is 43.4 Å². The Hall–Kier alpha value is -0.750. The molecule has 2 heterocycles. The third-order valence-corrected chi connectivity index (χ3v) is 6.85. The van der Waals surface area contributed by atoms with Gasteiger partial charge in [0.1, 0.15) is 4.34 Å². The summed E-state index contributed by atoms with van der Waals surface area (Å²) in [5.74, 6) is 1.10. The summed E-state index contributed by atoms with van der Waals surface area (Å²) in [6.07, 6.45) is 1.12. The first-order valence-electron chi connectivity index (χ1n) is 8.47. The molecule has 1 fully saturated rings. The number of rotatable bonds is 6. The molecule has 3 nitrogen and oxygen atoms in total. The SMILES string of the molecule is CCSc1nc(C)c(CCN2CCN(c3ccc(Cl)cc3)CC2)s1. The first-order chi connectivity index (χ1) is 11.7. The first-order valence-corrected chi connectivity index (χ1v) is 10.7. The zero-order valence-corrected chi connectivity index (χ0v) is 16.7. The van der Waals surface area contributed by atoms with E-state index in [1.165, 1.54) is 20.6 Å². The van der Waals surface area contributed by atoms with Gasteiger partial charge < -0.3 is 4.90 Å². The lowest BCUT2D eigenvalue weighted by molar-refractivity contribution is 0.261. The van der Waals surface area contributed by atoms with Crippen molar-refractivity contribution >= 4 is 40.4 Å².